The Labute approximate surface area is 130 Å². The number of ether oxygens (including phenoxy) is 1. The highest BCUT2D eigenvalue weighted by Crippen LogP contribution is 2.18. The van der Waals surface area contributed by atoms with Gasteiger partial charge in [-0.25, -0.2) is 0 Å². The van der Waals surface area contributed by atoms with E-state index >= 15 is 0 Å². The Morgan fingerprint density at radius 2 is 2.18 bits per heavy atom. The Morgan fingerprint density at radius 1 is 1.41 bits per heavy atom. The van der Waals surface area contributed by atoms with E-state index in [9.17, 15) is 4.79 Å². The van der Waals surface area contributed by atoms with E-state index in [1.807, 2.05) is 32.0 Å². The molecule has 0 spiro atoms. The van der Waals surface area contributed by atoms with Crippen molar-refractivity contribution < 1.29 is 14.6 Å². The molecule has 1 amide bonds. The van der Waals surface area contributed by atoms with Crippen LogP contribution >= 0.6 is 0 Å². The molecular formula is C16H21N3O3. The molecular weight excluding hydrogens is 282 g/mol. The zero-order valence-corrected chi connectivity index (χ0v) is 12.8. The highest BCUT2D eigenvalue weighted by atomic mass is 16.5. The van der Waals surface area contributed by atoms with Gasteiger partial charge in [0.05, 0.1) is 19.8 Å². The first-order valence-electron chi connectivity index (χ1n) is 7.00. The molecule has 118 valence electrons. The Morgan fingerprint density at radius 3 is 2.86 bits per heavy atom. The maximum absolute atomic E-state index is 12.1. The zero-order chi connectivity index (χ0) is 16.4. The van der Waals surface area contributed by atoms with Crippen LogP contribution in [0.15, 0.2) is 30.0 Å². The molecule has 1 rings (SSSR count). The van der Waals surface area contributed by atoms with Gasteiger partial charge in [-0.05, 0) is 31.0 Å². The summed E-state index contributed by atoms with van der Waals surface area (Å²) in [5.74, 6) is -0.458. The van der Waals surface area contributed by atoms with Crippen LogP contribution in [0.5, 0.6) is 0 Å². The van der Waals surface area contributed by atoms with Crippen molar-refractivity contribution in [2.24, 2.45) is 0 Å². The Kier molecular flexibility index (Phi) is 7.68. The fourth-order valence-corrected chi connectivity index (χ4v) is 1.70. The number of anilines is 1. The second-order valence-corrected chi connectivity index (χ2v) is 4.66. The minimum Gasteiger partial charge on any atom is -0.394 e. The van der Waals surface area contributed by atoms with Crippen LogP contribution in [0.25, 0.3) is 0 Å². The van der Waals surface area contributed by atoms with Gasteiger partial charge in [0.25, 0.3) is 5.91 Å². The fraction of sp³-hybridized carbons (Fsp3) is 0.375. The molecule has 0 saturated carbocycles. The van der Waals surface area contributed by atoms with Crippen LogP contribution in [0.4, 0.5) is 5.69 Å². The van der Waals surface area contributed by atoms with E-state index in [0.717, 1.165) is 11.1 Å². The lowest BCUT2D eigenvalue weighted by atomic mass is 10.1. The molecule has 6 nitrogen and oxygen atoms in total. The molecule has 0 aliphatic carbocycles. The predicted octanol–water partition coefficient (Wildman–Crippen LogP) is 1.25. The molecule has 0 aliphatic rings. The van der Waals surface area contributed by atoms with Crippen molar-refractivity contribution in [3.63, 3.8) is 0 Å². The highest BCUT2D eigenvalue weighted by molar-refractivity contribution is 6.06. The Bertz CT molecular complexity index is 576. The van der Waals surface area contributed by atoms with Gasteiger partial charge in [0.15, 0.2) is 0 Å². The van der Waals surface area contributed by atoms with E-state index in [1.54, 1.807) is 6.07 Å². The first-order valence-corrected chi connectivity index (χ1v) is 7.00. The van der Waals surface area contributed by atoms with E-state index in [4.69, 9.17) is 15.1 Å². The fourth-order valence-electron chi connectivity index (χ4n) is 1.70. The number of benzene rings is 1. The number of carbonyl (C=O) groups is 1. The van der Waals surface area contributed by atoms with E-state index in [0.29, 0.717) is 18.8 Å². The number of hydrogen-bond acceptors (Lipinski definition) is 5. The summed E-state index contributed by atoms with van der Waals surface area (Å²) in [4.78, 5) is 12.1. The molecule has 1 aromatic carbocycles. The molecule has 6 heteroatoms. The quantitative estimate of drug-likeness (QED) is 0.382. The van der Waals surface area contributed by atoms with Gasteiger partial charge in [0.2, 0.25) is 0 Å². The molecule has 0 atom stereocenters. The van der Waals surface area contributed by atoms with E-state index in [2.05, 4.69) is 10.6 Å². The molecule has 0 aliphatic heterocycles. The monoisotopic (exact) mass is 303 g/mol. The normalized spacial score (nSPS) is 10.9. The number of hydrogen-bond donors (Lipinski definition) is 3. The van der Waals surface area contributed by atoms with Crippen LogP contribution < -0.4 is 10.6 Å². The predicted molar refractivity (Wildman–Crippen MR) is 84.1 cm³/mol. The molecule has 0 heterocycles. The number of amides is 1. The van der Waals surface area contributed by atoms with Crippen molar-refractivity contribution in [2.45, 2.75) is 13.8 Å². The van der Waals surface area contributed by atoms with Crippen molar-refractivity contribution in [1.82, 2.24) is 5.32 Å². The molecule has 1 aromatic rings. The summed E-state index contributed by atoms with van der Waals surface area (Å²) in [6.45, 7) is 4.94. The largest absolute Gasteiger partial charge is 0.394 e. The van der Waals surface area contributed by atoms with Gasteiger partial charge in [-0.1, -0.05) is 12.1 Å². The SMILES string of the molecule is Cc1cccc(NC(=O)/C(C#N)=C\NCCOCCO)c1C. The lowest BCUT2D eigenvalue weighted by molar-refractivity contribution is -0.112. The second-order valence-electron chi connectivity index (χ2n) is 4.66. The van der Waals surface area contributed by atoms with Crippen LogP contribution in [0, 0.1) is 25.2 Å². The van der Waals surface area contributed by atoms with Gasteiger partial charge < -0.3 is 20.5 Å². The minimum atomic E-state index is -0.458. The van der Waals surface area contributed by atoms with E-state index < -0.39 is 5.91 Å². The lowest BCUT2D eigenvalue weighted by Gasteiger charge is -2.10. The van der Waals surface area contributed by atoms with Gasteiger partial charge in [-0.2, -0.15) is 5.26 Å². The Balaban J connectivity index is 2.57. The maximum atomic E-state index is 12.1. The summed E-state index contributed by atoms with van der Waals surface area (Å²) >= 11 is 0. The molecule has 22 heavy (non-hydrogen) atoms. The number of nitrogens with zero attached hydrogens (tertiary/aromatic N) is 1. The summed E-state index contributed by atoms with van der Waals surface area (Å²) in [6.07, 6.45) is 1.36. The summed E-state index contributed by atoms with van der Waals surface area (Å²) in [7, 11) is 0. The Hall–Kier alpha value is -2.36. The van der Waals surface area contributed by atoms with Crippen LogP contribution in [-0.4, -0.2) is 37.4 Å². The third kappa shape index (κ3) is 5.56. The van der Waals surface area contributed by atoms with E-state index in [1.165, 1.54) is 6.20 Å². The molecule has 0 fully saturated rings. The van der Waals surface area contributed by atoms with Crippen LogP contribution in [0.3, 0.4) is 0 Å². The topological polar surface area (TPSA) is 94.4 Å². The third-order valence-corrected chi connectivity index (χ3v) is 3.09. The van der Waals surface area contributed by atoms with Crippen LogP contribution in [-0.2, 0) is 9.53 Å². The number of rotatable bonds is 8. The zero-order valence-electron chi connectivity index (χ0n) is 12.8. The average Bonchev–Trinajstić information content (AvgIpc) is 2.51. The summed E-state index contributed by atoms with van der Waals surface area (Å²) in [6, 6.07) is 7.47. The number of nitrogens with one attached hydrogen (secondary N) is 2. The molecule has 3 N–H and O–H groups in total. The lowest BCUT2D eigenvalue weighted by Crippen LogP contribution is -2.20. The summed E-state index contributed by atoms with van der Waals surface area (Å²) in [5.41, 5.74) is 2.72. The first kappa shape index (κ1) is 17.7. The smallest absolute Gasteiger partial charge is 0.267 e. The van der Waals surface area contributed by atoms with Gasteiger partial charge in [-0.3, -0.25) is 4.79 Å². The number of carbonyl (C=O) groups excluding carboxylic acids is 1. The third-order valence-electron chi connectivity index (χ3n) is 3.09. The molecule has 0 saturated heterocycles. The summed E-state index contributed by atoms with van der Waals surface area (Å²) in [5, 5.41) is 23.2. The van der Waals surface area contributed by atoms with E-state index in [-0.39, 0.29) is 18.8 Å². The summed E-state index contributed by atoms with van der Waals surface area (Å²) < 4.78 is 5.06. The van der Waals surface area contributed by atoms with Crippen LogP contribution in [0.2, 0.25) is 0 Å². The number of aryl methyl sites for hydroxylation is 1. The van der Waals surface area contributed by atoms with Gasteiger partial charge >= 0.3 is 0 Å². The number of nitriles is 1. The minimum absolute atomic E-state index is 0.0111. The highest BCUT2D eigenvalue weighted by Gasteiger charge is 2.10. The molecule has 0 bridgehead atoms. The first-order chi connectivity index (χ1) is 10.6. The molecule has 0 aromatic heterocycles. The van der Waals surface area contributed by atoms with Crippen molar-refractivity contribution in [2.75, 3.05) is 31.7 Å². The van der Waals surface area contributed by atoms with Crippen molar-refractivity contribution in [1.29, 1.82) is 5.26 Å². The van der Waals surface area contributed by atoms with Gasteiger partial charge in [-0.15, -0.1) is 0 Å². The average molecular weight is 303 g/mol. The second kappa shape index (κ2) is 9.55. The number of aliphatic hydroxyl groups is 1. The van der Waals surface area contributed by atoms with Crippen LogP contribution in [0.1, 0.15) is 11.1 Å². The van der Waals surface area contributed by atoms with Gasteiger partial charge in [0.1, 0.15) is 11.6 Å². The van der Waals surface area contributed by atoms with Crippen molar-refractivity contribution >= 4 is 11.6 Å². The van der Waals surface area contributed by atoms with Crippen molar-refractivity contribution in [3.8, 4) is 6.07 Å². The number of aliphatic hydroxyl groups excluding tert-OH is 1. The molecule has 0 unspecified atom stereocenters. The molecule has 0 radical (unpaired) electrons. The van der Waals surface area contributed by atoms with Gasteiger partial charge in [0, 0.05) is 18.4 Å². The van der Waals surface area contributed by atoms with Crippen molar-refractivity contribution in [3.05, 3.63) is 41.1 Å². The maximum Gasteiger partial charge on any atom is 0.267 e. The standard InChI is InChI=1S/C16H21N3O3/c1-12-4-3-5-15(13(12)2)19-16(21)14(10-17)11-18-6-8-22-9-7-20/h3-5,11,18,20H,6-9H2,1-2H3,(H,19,21)/b14-11-.